The average molecular weight is 334 g/mol. The predicted molar refractivity (Wildman–Crippen MR) is 74.3 cm³/mol. The molecule has 0 aliphatic rings. The van der Waals surface area contributed by atoms with Crippen molar-refractivity contribution in [3.8, 4) is 5.75 Å². The highest BCUT2D eigenvalue weighted by atomic mass is 32.2. The van der Waals surface area contributed by atoms with Crippen LogP contribution in [-0.2, 0) is 15.6 Å². The first-order valence-electron chi connectivity index (χ1n) is 5.95. The van der Waals surface area contributed by atoms with Crippen LogP contribution in [0.5, 0.6) is 5.75 Å². The average Bonchev–Trinajstić information content (AvgIpc) is 2.87. The molecule has 114 valence electrons. The molecule has 0 radical (unpaired) electrons. The van der Waals surface area contributed by atoms with E-state index in [0.717, 1.165) is 0 Å². The maximum atomic E-state index is 12.3. The molecule has 0 aliphatic carbocycles. The zero-order chi connectivity index (χ0) is 15.3. The summed E-state index contributed by atoms with van der Waals surface area (Å²) in [6, 6.07) is 8.80. The zero-order valence-corrected chi connectivity index (χ0v) is 12.4. The van der Waals surface area contributed by atoms with Crippen LogP contribution in [-0.4, -0.2) is 31.0 Å². The smallest absolute Gasteiger partial charge is 0.291 e. The number of rotatable bonds is 7. The fourth-order valence-corrected chi connectivity index (χ4v) is 3.66. The van der Waals surface area contributed by atoms with Gasteiger partial charge in [-0.25, -0.2) is 17.2 Å². The summed E-state index contributed by atoms with van der Waals surface area (Å²) in [5.41, 5.74) is 0. The van der Waals surface area contributed by atoms with E-state index in [2.05, 4.69) is 10.2 Å². The number of para-hydroxylation sites is 1. The number of nitrogens with zero attached hydrogens (tertiary/aromatic N) is 2. The predicted octanol–water partition coefficient (Wildman–Crippen LogP) is 2.47. The van der Waals surface area contributed by atoms with E-state index in [0.29, 0.717) is 17.1 Å². The molecule has 1 aromatic heterocycles. The second-order valence-corrected chi connectivity index (χ2v) is 7.37. The van der Waals surface area contributed by atoms with Gasteiger partial charge in [0.1, 0.15) is 23.1 Å². The van der Waals surface area contributed by atoms with Crippen LogP contribution in [0.15, 0.2) is 30.3 Å². The Balaban J connectivity index is 1.86. The van der Waals surface area contributed by atoms with Gasteiger partial charge in [0.15, 0.2) is 14.8 Å². The highest BCUT2D eigenvalue weighted by Gasteiger charge is 2.19. The third-order valence-electron chi connectivity index (χ3n) is 2.42. The van der Waals surface area contributed by atoms with Gasteiger partial charge in [0, 0.05) is 0 Å². The summed E-state index contributed by atoms with van der Waals surface area (Å²) in [5, 5.41) is 6.30. The van der Waals surface area contributed by atoms with Crippen LogP contribution in [0.25, 0.3) is 0 Å². The number of aromatic nitrogens is 2. The summed E-state index contributed by atoms with van der Waals surface area (Å²) in [5.74, 6) is -0.0512. The summed E-state index contributed by atoms with van der Waals surface area (Å²) in [4.78, 5) is 0. The maximum absolute atomic E-state index is 12.3. The molecule has 0 unspecified atom stereocenters. The number of ether oxygens (including phenoxy) is 1. The third kappa shape index (κ3) is 5.01. The lowest BCUT2D eigenvalue weighted by Crippen LogP contribution is -2.15. The van der Waals surface area contributed by atoms with E-state index < -0.39 is 27.0 Å². The molecule has 9 heteroatoms. The molecule has 2 rings (SSSR count). The normalized spacial score (nSPS) is 11.8. The van der Waals surface area contributed by atoms with E-state index in [4.69, 9.17) is 4.74 Å². The summed E-state index contributed by atoms with van der Waals surface area (Å²) in [7, 11) is -3.48. The van der Waals surface area contributed by atoms with E-state index in [1.807, 2.05) is 6.07 Å². The molecule has 5 nitrogen and oxygen atoms in total. The number of alkyl halides is 2. The van der Waals surface area contributed by atoms with E-state index in [9.17, 15) is 17.2 Å². The van der Waals surface area contributed by atoms with E-state index in [1.165, 1.54) is 0 Å². The first-order valence-corrected chi connectivity index (χ1v) is 8.59. The molecule has 0 amide bonds. The Morgan fingerprint density at radius 1 is 1.19 bits per heavy atom. The molecule has 0 saturated heterocycles. The van der Waals surface area contributed by atoms with Gasteiger partial charge in [-0.05, 0) is 12.1 Å². The van der Waals surface area contributed by atoms with Crippen LogP contribution >= 0.6 is 11.3 Å². The lowest BCUT2D eigenvalue weighted by molar-refractivity contribution is 0.150. The Morgan fingerprint density at radius 3 is 2.52 bits per heavy atom. The molecule has 0 atom stereocenters. The summed E-state index contributed by atoms with van der Waals surface area (Å²) in [6.45, 7) is -0.00709. The van der Waals surface area contributed by atoms with Crippen LogP contribution in [0.3, 0.4) is 0 Å². The topological polar surface area (TPSA) is 69.2 Å². The molecule has 1 aromatic carbocycles. The Morgan fingerprint density at radius 2 is 1.90 bits per heavy atom. The number of halogens is 2. The van der Waals surface area contributed by atoms with Crippen molar-refractivity contribution in [2.75, 3.05) is 12.4 Å². The molecular weight excluding hydrogens is 322 g/mol. The number of hydrogen-bond donors (Lipinski definition) is 0. The molecule has 21 heavy (non-hydrogen) atoms. The molecule has 2 aromatic rings. The quantitative estimate of drug-likeness (QED) is 0.778. The van der Waals surface area contributed by atoms with Crippen molar-refractivity contribution in [2.45, 2.75) is 12.2 Å². The maximum Gasteiger partial charge on any atom is 0.291 e. The van der Waals surface area contributed by atoms with Crippen LogP contribution in [0, 0.1) is 0 Å². The van der Waals surface area contributed by atoms with Crippen molar-refractivity contribution in [3.05, 3.63) is 40.3 Å². The van der Waals surface area contributed by atoms with Gasteiger partial charge in [-0.3, -0.25) is 0 Å². The van der Waals surface area contributed by atoms with Gasteiger partial charge in [0.25, 0.3) is 6.43 Å². The standard InChI is InChI=1S/C12H12F2N2O3S2/c13-11(14)12-16-15-10(20-12)8-21(17,18)7-6-19-9-4-2-1-3-5-9/h1-5,11H,6-8H2. The highest BCUT2D eigenvalue weighted by Crippen LogP contribution is 2.23. The van der Waals surface area contributed by atoms with Crippen molar-refractivity contribution in [2.24, 2.45) is 0 Å². The van der Waals surface area contributed by atoms with Crippen LogP contribution in [0.2, 0.25) is 0 Å². The molecular formula is C12H12F2N2O3S2. The lowest BCUT2D eigenvalue weighted by atomic mass is 10.3. The monoisotopic (exact) mass is 334 g/mol. The van der Waals surface area contributed by atoms with Gasteiger partial charge in [0.2, 0.25) is 0 Å². The Labute approximate surface area is 124 Å². The Hall–Kier alpha value is -1.61. The Kier molecular flexibility index (Phi) is 5.18. The minimum atomic E-state index is -3.48. The number of hydrogen-bond acceptors (Lipinski definition) is 6. The highest BCUT2D eigenvalue weighted by molar-refractivity contribution is 7.90. The van der Waals surface area contributed by atoms with Crippen molar-refractivity contribution in [3.63, 3.8) is 0 Å². The van der Waals surface area contributed by atoms with Gasteiger partial charge >= 0.3 is 0 Å². The van der Waals surface area contributed by atoms with Crippen molar-refractivity contribution in [1.29, 1.82) is 0 Å². The molecule has 0 fully saturated rings. The fraction of sp³-hybridized carbons (Fsp3) is 0.333. The van der Waals surface area contributed by atoms with Crippen LogP contribution < -0.4 is 4.74 Å². The van der Waals surface area contributed by atoms with Crippen molar-refractivity contribution < 1.29 is 21.9 Å². The molecule has 1 heterocycles. The third-order valence-corrected chi connectivity index (χ3v) is 5.03. The van der Waals surface area contributed by atoms with Gasteiger partial charge in [-0.1, -0.05) is 29.5 Å². The SMILES string of the molecule is O=S(=O)(CCOc1ccccc1)Cc1nnc(C(F)F)s1. The molecule has 0 bridgehead atoms. The molecule has 0 spiro atoms. The van der Waals surface area contributed by atoms with Gasteiger partial charge in [-0.2, -0.15) is 0 Å². The van der Waals surface area contributed by atoms with Crippen molar-refractivity contribution in [1.82, 2.24) is 10.2 Å². The minimum absolute atomic E-state index is 0.00709. The Bertz CT molecular complexity index is 675. The first-order chi connectivity index (χ1) is 9.96. The van der Waals surface area contributed by atoms with Gasteiger partial charge in [0.05, 0.1) is 5.75 Å². The largest absolute Gasteiger partial charge is 0.493 e. The van der Waals surface area contributed by atoms with Crippen LogP contribution in [0.4, 0.5) is 8.78 Å². The van der Waals surface area contributed by atoms with E-state index in [-0.39, 0.29) is 17.4 Å². The van der Waals surface area contributed by atoms with Crippen LogP contribution in [0.1, 0.15) is 16.4 Å². The molecule has 0 aliphatic heterocycles. The van der Waals surface area contributed by atoms with E-state index >= 15 is 0 Å². The zero-order valence-electron chi connectivity index (χ0n) is 10.8. The fourth-order valence-electron chi connectivity index (χ4n) is 1.48. The molecule has 0 saturated carbocycles. The number of benzene rings is 1. The summed E-state index contributed by atoms with van der Waals surface area (Å²) >= 11 is 0.605. The summed E-state index contributed by atoms with van der Waals surface area (Å²) in [6.07, 6.45) is -2.74. The second-order valence-electron chi connectivity index (χ2n) is 4.09. The second kappa shape index (κ2) is 6.90. The number of sulfone groups is 1. The van der Waals surface area contributed by atoms with Crippen molar-refractivity contribution >= 4 is 21.2 Å². The summed E-state index contributed by atoms with van der Waals surface area (Å²) < 4.78 is 53.7. The lowest BCUT2D eigenvalue weighted by Gasteiger charge is -2.05. The van der Waals surface area contributed by atoms with E-state index in [1.54, 1.807) is 24.3 Å². The first kappa shape index (κ1) is 15.8. The minimum Gasteiger partial charge on any atom is -0.493 e. The van der Waals surface area contributed by atoms with Gasteiger partial charge < -0.3 is 4.74 Å². The molecule has 0 N–H and O–H groups in total. The van der Waals surface area contributed by atoms with Gasteiger partial charge in [-0.15, -0.1) is 10.2 Å².